The lowest BCUT2D eigenvalue weighted by molar-refractivity contribution is 0.601. The summed E-state index contributed by atoms with van der Waals surface area (Å²) < 4.78 is 22.9. The summed E-state index contributed by atoms with van der Waals surface area (Å²) in [5.41, 5.74) is 1.99. The van der Waals surface area contributed by atoms with Gasteiger partial charge in [0.1, 0.15) is 0 Å². The van der Waals surface area contributed by atoms with Crippen LogP contribution in [0.25, 0.3) is 0 Å². The smallest absolute Gasteiger partial charge is 0.154 e. The summed E-state index contributed by atoms with van der Waals surface area (Å²) >= 11 is 0. The van der Waals surface area contributed by atoms with Crippen molar-refractivity contribution in [2.24, 2.45) is 0 Å². The van der Waals surface area contributed by atoms with Crippen molar-refractivity contribution < 1.29 is 8.42 Å². The number of hydrogen-bond donors (Lipinski definition) is 2. The summed E-state index contributed by atoms with van der Waals surface area (Å²) in [6.45, 7) is 0. The van der Waals surface area contributed by atoms with Crippen LogP contribution in [-0.2, 0) is 9.84 Å². The van der Waals surface area contributed by atoms with Crippen molar-refractivity contribution in [3.63, 3.8) is 0 Å². The van der Waals surface area contributed by atoms with Crippen LogP contribution in [0.1, 0.15) is 0 Å². The average molecular weight is 224 g/mol. The second kappa shape index (κ2) is 2.88. The maximum atomic E-state index is 11.5. The van der Waals surface area contributed by atoms with Gasteiger partial charge < -0.3 is 10.6 Å². The minimum Gasteiger partial charge on any atom is -0.378 e. The van der Waals surface area contributed by atoms with Crippen LogP contribution in [0.15, 0.2) is 24.3 Å². The van der Waals surface area contributed by atoms with Gasteiger partial charge in [-0.15, -0.1) is 0 Å². The summed E-state index contributed by atoms with van der Waals surface area (Å²) in [6.07, 6.45) is 0. The average Bonchev–Trinajstić information content (AvgIpc) is 2.46. The Bertz CT molecular complexity index is 459. The highest BCUT2D eigenvalue weighted by Gasteiger charge is 2.40. The zero-order valence-electron chi connectivity index (χ0n) is 8.10. The van der Waals surface area contributed by atoms with Crippen molar-refractivity contribution in [3.05, 3.63) is 24.3 Å². The molecule has 1 fully saturated rings. The Morgan fingerprint density at radius 2 is 1.47 bits per heavy atom. The van der Waals surface area contributed by atoms with Gasteiger partial charge in [-0.3, -0.25) is 0 Å². The Balaban J connectivity index is 1.97. The lowest BCUT2D eigenvalue weighted by Crippen LogP contribution is -2.41. The van der Waals surface area contributed by atoms with Gasteiger partial charge >= 0.3 is 0 Å². The Morgan fingerprint density at radius 3 is 1.93 bits per heavy atom. The summed E-state index contributed by atoms with van der Waals surface area (Å²) in [5.74, 6) is 0.470. The highest BCUT2D eigenvalue weighted by atomic mass is 32.2. The first kappa shape index (κ1) is 9.03. The molecule has 1 aromatic carbocycles. The van der Waals surface area contributed by atoms with Gasteiger partial charge in [-0.1, -0.05) is 12.1 Å². The molecular weight excluding hydrogens is 212 g/mol. The largest absolute Gasteiger partial charge is 0.378 e. The van der Waals surface area contributed by atoms with Crippen LogP contribution in [-0.4, -0.2) is 32.0 Å². The Labute approximate surface area is 88.6 Å². The lowest BCUT2D eigenvalue weighted by atomic mass is 10.1. The van der Waals surface area contributed by atoms with Crippen molar-refractivity contribution in [3.8, 4) is 0 Å². The highest BCUT2D eigenvalue weighted by molar-refractivity contribution is 7.91. The van der Waals surface area contributed by atoms with Crippen LogP contribution < -0.4 is 10.6 Å². The van der Waals surface area contributed by atoms with Crippen molar-refractivity contribution in [1.29, 1.82) is 0 Å². The molecule has 0 spiro atoms. The SMILES string of the molecule is O=S1(=O)CC2Nc3ccccc3NC2C1. The van der Waals surface area contributed by atoms with Gasteiger partial charge in [-0.05, 0) is 12.1 Å². The molecule has 2 heterocycles. The summed E-state index contributed by atoms with van der Waals surface area (Å²) in [7, 11) is -2.87. The summed E-state index contributed by atoms with van der Waals surface area (Å²) in [4.78, 5) is 0. The maximum absolute atomic E-state index is 11.5. The van der Waals surface area contributed by atoms with Crippen molar-refractivity contribution in [2.45, 2.75) is 12.1 Å². The molecule has 0 radical (unpaired) electrons. The molecule has 0 aromatic heterocycles. The van der Waals surface area contributed by atoms with E-state index in [-0.39, 0.29) is 23.6 Å². The predicted molar refractivity (Wildman–Crippen MR) is 59.9 cm³/mol. The van der Waals surface area contributed by atoms with Crippen LogP contribution in [0, 0.1) is 0 Å². The molecule has 4 nitrogen and oxygen atoms in total. The molecule has 2 atom stereocenters. The van der Waals surface area contributed by atoms with E-state index in [1.165, 1.54) is 0 Å². The maximum Gasteiger partial charge on any atom is 0.154 e. The van der Waals surface area contributed by atoms with Crippen molar-refractivity contribution in [1.82, 2.24) is 0 Å². The van der Waals surface area contributed by atoms with Gasteiger partial charge in [-0.25, -0.2) is 8.42 Å². The molecule has 2 N–H and O–H groups in total. The van der Waals surface area contributed by atoms with E-state index in [2.05, 4.69) is 10.6 Å². The van der Waals surface area contributed by atoms with Crippen LogP contribution in [0.2, 0.25) is 0 Å². The van der Waals surface area contributed by atoms with Crippen LogP contribution >= 0.6 is 0 Å². The second-order valence-corrected chi connectivity index (χ2v) is 6.28. The Hall–Kier alpha value is -1.23. The van der Waals surface area contributed by atoms with Gasteiger partial charge in [0, 0.05) is 0 Å². The number of fused-ring (bicyclic) bond motifs is 2. The minimum atomic E-state index is -2.87. The van der Waals surface area contributed by atoms with Crippen molar-refractivity contribution in [2.75, 3.05) is 22.1 Å². The molecule has 15 heavy (non-hydrogen) atoms. The first-order valence-electron chi connectivity index (χ1n) is 4.97. The topological polar surface area (TPSA) is 58.2 Å². The van der Waals surface area contributed by atoms with Gasteiger partial charge in [0.05, 0.1) is 35.0 Å². The number of benzene rings is 1. The molecule has 3 rings (SSSR count). The van der Waals surface area contributed by atoms with Crippen LogP contribution in [0.3, 0.4) is 0 Å². The third-order valence-electron chi connectivity index (χ3n) is 2.96. The van der Waals surface area contributed by atoms with Crippen LogP contribution in [0.5, 0.6) is 0 Å². The van der Waals surface area contributed by atoms with E-state index in [4.69, 9.17) is 0 Å². The number of sulfone groups is 1. The van der Waals surface area contributed by atoms with E-state index in [9.17, 15) is 8.42 Å². The second-order valence-electron chi connectivity index (χ2n) is 4.12. The van der Waals surface area contributed by atoms with Crippen LogP contribution in [0.4, 0.5) is 11.4 Å². The zero-order chi connectivity index (χ0) is 10.5. The molecule has 80 valence electrons. The molecular formula is C10H12N2O2S. The summed E-state index contributed by atoms with van der Waals surface area (Å²) in [5, 5.41) is 6.55. The van der Waals surface area contributed by atoms with E-state index in [0.29, 0.717) is 0 Å². The fourth-order valence-electron chi connectivity index (χ4n) is 2.27. The lowest BCUT2D eigenvalue weighted by Gasteiger charge is -2.30. The molecule has 2 aliphatic heterocycles. The third kappa shape index (κ3) is 1.47. The normalized spacial score (nSPS) is 30.9. The molecule has 0 bridgehead atoms. The monoisotopic (exact) mass is 224 g/mol. The van der Waals surface area contributed by atoms with Crippen molar-refractivity contribution >= 4 is 21.2 Å². The summed E-state index contributed by atoms with van der Waals surface area (Å²) in [6, 6.07) is 7.84. The molecule has 1 saturated heterocycles. The first-order chi connectivity index (χ1) is 7.14. The van der Waals surface area contributed by atoms with E-state index >= 15 is 0 Å². The Kier molecular flexibility index (Phi) is 1.74. The number of nitrogens with one attached hydrogen (secondary N) is 2. The highest BCUT2D eigenvalue weighted by Crippen LogP contribution is 2.31. The van der Waals surface area contributed by atoms with E-state index in [0.717, 1.165) is 11.4 Å². The van der Waals surface area contributed by atoms with Gasteiger partial charge in [-0.2, -0.15) is 0 Å². The van der Waals surface area contributed by atoms with Gasteiger partial charge in [0.15, 0.2) is 9.84 Å². The number of anilines is 2. The third-order valence-corrected chi connectivity index (χ3v) is 4.70. The number of hydrogen-bond acceptors (Lipinski definition) is 4. The number of para-hydroxylation sites is 2. The standard InChI is InChI=1S/C10H12N2O2S/c13-15(14)5-9-10(6-15)12-8-4-2-1-3-7(8)11-9/h1-4,9-12H,5-6H2. The fraction of sp³-hybridized carbons (Fsp3) is 0.400. The molecule has 0 saturated carbocycles. The fourth-order valence-corrected chi connectivity index (χ4v) is 4.13. The molecule has 5 heteroatoms. The molecule has 2 aliphatic rings. The Morgan fingerprint density at radius 1 is 1.00 bits per heavy atom. The van der Waals surface area contributed by atoms with Gasteiger partial charge in [0.25, 0.3) is 0 Å². The predicted octanol–water partition coefficient (Wildman–Crippen LogP) is 0.690. The molecule has 0 aliphatic carbocycles. The molecule has 0 amide bonds. The van der Waals surface area contributed by atoms with Gasteiger partial charge in [0.2, 0.25) is 0 Å². The minimum absolute atomic E-state index is 0.0184. The quantitative estimate of drug-likeness (QED) is 0.680. The van der Waals surface area contributed by atoms with E-state index in [1.54, 1.807) is 0 Å². The first-order valence-corrected chi connectivity index (χ1v) is 6.79. The van der Waals surface area contributed by atoms with E-state index in [1.807, 2.05) is 24.3 Å². The molecule has 1 aromatic rings. The molecule has 2 unspecified atom stereocenters. The van der Waals surface area contributed by atoms with E-state index < -0.39 is 9.84 Å². The number of rotatable bonds is 0. The zero-order valence-corrected chi connectivity index (χ0v) is 8.92.